The molecule has 0 N–H and O–H groups in total. The van der Waals surface area contributed by atoms with Crippen molar-refractivity contribution in [2.75, 3.05) is 0 Å². The van der Waals surface area contributed by atoms with Crippen LogP contribution in [0.2, 0.25) is 0 Å². The zero-order chi connectivity index (χ0) is 32.3. The lowest BCUT2D eigenvalue weighted by Crippen LogP contribution is -1.94. The van der Waals surface area contributed by atoms with Gasteiger partial charge in [-0.05, 0) is 102 Å². The normalized spacial score (nSPS) is 11.7. The standard InChI is InChI=1S/C48H31N/c1-2-12-32(13-3-1)36-26-29-46-44(31-36)39-16-10-11-21-45(39)49(46)38-27-24-34(25-28-38)47-40-17-6-8-19-42(40)48(43-20-9-7-18-41(43)47)37-23-22-33-14-4-5-15-35(33)30-37/h1-31H. The number of para-hydroxylation sites is 1. The van der Waals surface area contributed by atoms with Gasteiger partial charge in [0.2, 0.25) is 0 Å². The van der Waals surface area contributed by atoms with Crippen LogP contribution in [0.4, 0.5) is 0 Å². The minimum atomic E-state index is 1.16. The smallest absolute Gasteiger partial charge is 0.0541 e. The summed E-state index contributed by atoms with van der Waals surface area (Å²) in [6.45, 7) is 0. The van der Waals surface area contributed by atoms with Crippen LogP contribution in [0.3, 0.4) is 0 Å². The molecule has 0 amide bonds. The van der Waals surface area contributed by atoms with Gasteiger partial charge in [0, 0.05) is 16.5 Å². The summed E-state index contributed by atoms with van der Waals surface area (Å²) in [4.78, 5) is 0. The lowest BCUT2D eigenvalue weighted by molar-refractivity contribution is 1.18. The Morgan fingerprint density at radius 3 is 1.47 bits per heavy atom. The summed E-state index contributed by atoms with van der Waals surface area (Å²) >= 11 is 0. The molecule has 49 heavy (non-hydrogen) atoms. The SMILES string of the molecule is c1ccc(-c2ccc3c(c2)c2ccccc2n3-c2ccc(-c3c4ccccc4c(-c4ccc5ccccc5c4)c4ccccc34)cc2)cc1. The maximum atomic E-state index is 2.41. The van der Waals surface area contributed by atoms with Crippen molar-refractivity contribution in [2.24, 2.45) is 0 Å². The van der Waals surface area contributed by atoms with Gasteiger partial charge in [-0.15, -0.1) is 0 Å². The van der Waals surface area contributed by atoms with E-state index in [4.69, 9.17) is 0 Å². The molecular weight excluding hydrogens is 591 g/mol. The average Bonchev–Trinajstić information content (AvgIpc) is 3.51. The summed E-state index contributed by atoms with van der Waals surface area (Å²) in [5.41, 5.74) is 11.1. The van der Waals surface area contributed by atoms with Gasteiger partial charge in [-0.2, -0.15) is 0 Å². The molecule has 0 aliphatic heterocycles. The van der Waals surface area contributed by atoms with Crippen molar-refractivity contribution in [3.63, 3.8) is 0 Å². The number of hydrogen-bond acceptors (Lipinski definition) is 0. The minimum Gasteiger partial charge on any atom is -0.309 e. The van der Waals surface area contributed by atoms with Gasteiger partial charge < -0.3 is 4.57 Å². The molecule has 9 aromatic carbocycles. The Bertz CT molecular complexity index is 2800. The minimum absolute atomic E-state index is 1.16. The molecule has 0 aliphatic carbocycles. The molecule has 0 aliphatic rings. The van der Waals surface area contributed by atoms with Gasteiger partial charge >= 0.3 is 0 Å². The highest BCUT2D eigenvalue weighted by Crippen LogP contribution is 2.44. The Morgan fingerprint density at radius 1 is 0.265 bits per heavy atom. The molecule has 1 nitrogen and oxygen atoms in total. The van der Waals surface area contributed by atoms with E-state index in [9.17, 15) is 0 Å². The van der Waals surface area contributed by atoms with Crippen molar-refractivity contribution in [3.8, 4) is 39.1 Å². The summed E-state index contributed by atoms with van der Waals surface area (Å²) in [7, 11) is 0. The molecule has 10 rings (SSSR count). The van der Waals surface area contributed by atoms with Crippen LogP contribution in [0.25, 0.3) is 93.2 Å². The predicted octanol–water partition coefficient (Wildman–Crippen LogP) is 13.2. The zero-order valence-electron chi connectivity index (χ0n) is 26.8. The Labute approximate surface area is 284 Å². The van der Waals surface area contributed by atoms with Crippen LogP contribution in [-0.4, -0.2) is 4.57 Å². The molecule has 0 spiro atoms. The summed E-state index contributed by atoms with van der Waals surface area (Å²) < 4.78 is 2.41. The Morgan fingerprint density at radius 2 is 0.776 bits per heavy atom. The molecule has 0 fully saturated rings. The molecule has 1 aromatic heterocycles. The molecule has 0 atom stereocenters. The summed E-state index contributed by atoms with van der Waals surface area (Å²) in [5, 5.41) is 10.1. The number of benzene rings is 9. The largest absolute Gasteiger partial charge is 0.309 e. The maximum Gasteiger partial charge on any atom is 0.0541 e. The monoisotopic (exact) mass is 621 g/mol. The lowest BCUT2D eigenvalue weighted by Gasteiger charge is -2.18. The van der Waals surface area contributed by atoms with Crippen LogP contribution in [0.1, 0.15) is 0 Å². The van der Waals surface area contributed by atoms with Crippen LogP contribution >= 0.6 is 0 Å². The number of nitrogens with zero attached hydrogens (tertiary/aromatic N) is 1. The van der Waals surface area contributed by atoms with E-state index in [0.29, 0.717) is 0 Å². The fraction of sp³-hybridized carbons (Fsp3) is 0. The average molecular weight is 622 g/mol. The fourth-order valence-electron chi connectivity index (χ4n) is 7.93. The molecule has 0 saturated heterocycles. The fourth-order valence-corrected chi connectivity index (χ4v) is 7.93. The van der Waals surface area contributed by atoms with Crippen molar-refractivity contribution in [1.82, 2.24) is 4.57 Å². The molecule has 10 aromatic rings. The van der Waals surface area contributed by atoms with E-state index in [2.05, 4.69) is 193 Å². The van der Waals surface area contributed by atoms with Gasteiger partial charge in [-0.3, -0.25) is 0 Å². The second-order valence-electron chi connectivity index (χ2n) is 12.9. The van der Waals surface area contributed by atoms with E-state index in [0.717, 1.165) is 5.69 Å². The second kappa shape index (κ2) is 11.1. The Balaban J connectivity index is 1.16. The van der Waals surface area contributed by atoms with Gasteiger partial charge in [0.05, 0.1) is 11.0 Å². The molecule has 1 heteroatoms. The first-order chi connectivity index (χ1) is 24.3. The van der Waals surface area contributed by atoms with Crippen molar-refractivity contribution >= 4 is 54.1 Å². The van der Waals surface area contributed by atoms with Gasteiger partial charge in [0.15, 0.2) is 0 Å². The lowest BCUT2D eigenvalue weighted by atomic mass is 9.85. The molecule has 0 unspecified atom stereocenters. The van der Waals surface area contributed by atoms with Crippen LogP contribution < -0.4 is 0 Å². The van der Waals surface area contributed by atoms with Crippen LogP contribution in [-0.2, 0) is 0 Å². The third kappa shape index (κ3) is 4.40. The number of rotatable bonds is 4. The van der Waals surface area contributed by atoms with Crippen LogP contribution in [0.15, 0.2) is 188 Å². The summed E-state index contributed by atoms with van der Waals surface area (Å²) in [6, 6.07) is 68.7. The Kier molecular flexibility index (Phi) is 6.25. The van der Waals surface area contributed by atoms with Crippen LogP contribution in [0.5, 0.6) is 0 Å². The van der Waals surface area contributed by atoms with E-state index >= 15 is 0 Å². The Hall–Kier alpha value is -6.44. The highest BCUT2D eigenvalue weighted by Gasteiger charge is 2.18. The molecule has 1 heterocycles. The van der Waals surface area contributed by atoms with Gasteiger partial charge in [0.25, 0.3) is 0 Å². The second-order valence-corrected chi connectivity index (χ2v) is 12.9. The first kappa shape index (κ1) is 27.7. The van der Waals surface area contributed by atoms with E-state index in [-0.39, 0.29) is 0 Å². The first-order valence-electron chi connectivity index (χ1n) is 16.9. The van der Waals surface area contributed by atoms with E-state index < -0.39 is 0 Å². The molecule has 0 bridgehead atoms. The quantitative estimate of drug-likeness (QED) is 0.172. The third-order valence-corrected chi connectivity index (χ3v) is 10.2. The predicted molar refractivity (Wildman–Crippen MR) is 210 cm³/mol. The van der Waals surface area contributed by atoms with Crippen LogP contribution in [0, 0.1) is 0 Å². The van der Waals surface area contributed by atoms with Crippen molar-refractivity contribution in [1.29, 1.82) is 0 Å². The highest BCUT2D eigenvalue weighted by atomic mass is 15.0. The van der Waals surface area contributed by atoms with Crippen molar-refractivity contribution in [2.45, 2.75) is 0 Å². The van der Waals surface area contributed by atoms with E-state index in [1.807, 2.05) is 0 Å². The van der Waals surface area contributed by atoms with Crippen molar-refractivity contribution < 1.29 is 0 Å². The summed E-state index contributed by atoms with van der Waals surface area (Å²) in [5.74, 6) is 0. The zero-order valence-corrected chi connectivity index (χ0v) is 26.8. The number of fused-ring (bicyclic) bond motifs is 6. The van der Waals surface area contributed by atoms with Gasteiger partial charge in [0.1, 0.15) is 0 Å². The van der Waals surface area contributed by atoms with E-state index in [1.54, 1.807) is 0 Å². The van der Waals surface area contributed by atoms with Gasteiger partial charge in [-0.25, -0.2) is 0 Å². The molecule has 0 radical (unpaired) electrons. The van der Waals surface area contributed by atoms with Gasteiger partial charge in [-0.1, -0.05) is 152 Å². The first-order valence-corrected chi connectivity index (χ1v) is 16.9. The highest BCUT2D eigenvalue weighted by molar-refractivity contribution is 6.21. The molecule has 228 valence electrons. The molecular formula is C48H31N. The topological polar surface area (TPSA) is 4.93 Å². The summed E-state index contributed by atoms with van der Waals surface area (Å²) in [6.07, 6.45) is 0. The third-order valence-electron chi connectivity index (χ3n) is 10.2. The number of aromatic nitrogens is 1. The van der Waals surface area contributed by atoms with Crippen molar-refractivity contribution in [3.05, 3.63) is 188 Å². The molecule has 0 saturated carbocycles. The van der Waals surface area contributed by atoms with E-state index in [1.165, 1.54) is 87.5 Å². The maximum absolute atomic E-state index is 2.41. The number of hydrogen-bond donors (Lipinski definition) is 0.